The van der Waals surface area contributed by atoms with Crippen molar-refractivity contribution in [2.24, 2.45) is 0 Å². The summed E-state index contributed by atoms with van der Waals surface area (Å²) in [4.78, 5) is 14.8. The van der Waals surface area contributed by atoms with Crippen LogP contribution in [-0.2, 0) is 6.54 Å². The molecule has 0 aliphatic rings. The van der Waals surface area contributed by atoms with Gasteiger partial charge in [-0.05, 0) is 23.8 Å². The molecule has 0 unspecified atom stereocenters. The quantitative estimate of drug-likeness (QED) is 0.889. The third-order valence-electron chi connectivity index (χ3n) is 2.42. The van der Waals surface area contributed by atoms with Gasteiger partial charge in [-0.25, -0.2) is 4.79 Å². The fourth-order valence-corrected chi connectivity index (χ4v) is 1.78. The average Bonchev–Trinajstić information content (AvgIpc) is 2.37. The lowest BCUT2D eigenvalue weighted by Crippen LogP contribution is -2.06. The molecule has 18 heavy (non-hydrogen) atoms. The SMILES string of the molecule is O=C(O)c1cnccc1NCc1cccc(Cl)c1. The van der Waals surface area contributed by atoms with Crippen molar-refractivity contribution in [1.82, 2.24) is 4.98 Å². The number of hydrogen-bond donors (Lipinski definition) is 2. The highest BCUT2D eigenvalue weighted by Gasteiger charge is 2.09. The second kappa shape index (κ2) is 5.51. The van der Waals surface area contributed by atoms with E-state index in [4.69, 9.17) is 16.7 Å². The number of benzene rings is 1. The zero-order valence-corrected chi connectivity index (χ0v) is 10.2. The number of nitrogens with one attached hydrogen (secondary N) is 1. The average molecular weight is 263 g/mol. The van der Waals surface area contributed by atoms with Gasteiger partial charge in [0.05, 0.1) is 5.69 Å². The third kappa shape index (κ3) is 2.99. The Morgan fingerprint density at radius 3 is 2.94 bits per heavy atom. The number of halogens is 1. The summed E-state index contributed by atoms with van der Waals surface area (Å²) in [6.07, 6.45) is 2.87. The Morgan fingerprint density at radius 2 is 2.22 bits per heavy atom. The molecule has 0 aliphatic heterocycles. The number of nitrogens with zero attached hydrogens (tertiary/aromatic N) is 1. The first kappa shape index (κ1) is 12.4. The van der Waals surface area contributed by atoms with Gasteiger partial charge in [0.2, 0.25) is 0 Å². The van der Waals surface area contributed by atoms with Crippen LogP contribution >= 0.6 is 11.6 Å². The molecule has 0 saturated carbocycles. The van der Waals surface area contributed by atoms with Crippen LogP contribution in [0.25, 0.3) is 0 Å². The van der Waals surface area contributed by atoms with Crippen molar-refractivity contribution in [3.63, 3.8) is 0 Å². The Morgan fingerprint density at radius 1 is 1.39 bits per heavy atom. The van der Waals surface area contributed by atoms with E-state index in [1.165, 1.54) is 6.20 Å². The molecule has 0 fully saturated rings. The highest BCUT2D eigenvalue weighted by Crippen LogP contribution is 2.16. The van der Waals surface area contributed by atoms with Crippen molar-refractivity contribution in [3.8, 4) is 0 Å². The maximum atomic E-state index is 11.0. The molecule has 0 amide bonds. The Hall–Kier alpha value is -2.07. The van der Waals surface area contributed by atoms with E-state index in [0.29, 0.717) is 17.3 Å². The van der Waals surface area contributed by atoms with Gasteiger partial charge < -0.3 is 10.4 Å². The molecule has 1 heterocycles. The van der Waals surface area contributed by atoms with Gasteiger partial charge in [-0.3, -0.25) is 4.98 Å². The van der Waals surface area contributed by atoms with Gasteiger partial charge in [0, 0.05) is 24.0 Å². The molecule has 4 nitrogen and oxygen atoms in total. The minimum atomic E-state index is -1.00. The van der Waals surface area contributed by atoms with Crippen LogP contribution < -0.4 is 5.32 Å². The van der Waals surface area contributed by atoms with Crippen molar-refractivity contribution in [2.75, 3.05) is 5.32 Å². The predicted molar refractivity (Wildman–Crippen MR) is 70.0 cm³/mol. The summed E-state index contributed by atoms with van der Waals surface area (Å²) < 4.78 is 0. The number of rotatable bonds is 4. The Balaban J connectivity index is 2.13. The van der Waals surface area contributed by atoms with Crippen LogP contribution in [-0.4, -0.2) is 16.1 Å². The summed E-state index contributed by atoms with van der Waals surface area (Å²) in [5.41, 5.74) is 1.67. The van der Waals surface area contributed by atoms with E-state index >= 15 is 0 Å². The van der Waals surface area contributed by atoms with E-state index < -0.39 is 5.97 Å². The normalized spacial score (nSPS) is 10.1. The van der Waals surface area contributed by atoms with Crippen LogP contribution in [0.2, 0.25) is 5.02 Å². The number of carboxylic acid groups (broad SMARTS) is 1. The maximum Gasteiger partial charge on any atom is 0.339 e. The van der Waals surface area contributed by atoms with Gasteiger partial charge in [-0.2, -0.15) is 0 Å². The standard InChI is InChI=1S/C13H11ClN2O2/c14-10-3-1-2-9(6-10)7-16-12-4-5-15-8-11(12)13(17)18/h1-6,8H,7H2,(H,15,16)(H,17,18). The van der Waals surface area contributed by atoms with Gasteiger partial charge in [-0.15, -0.1) is 0 Å². The van der Waals surface area contributed by atoms with Crippen LogP contribution in [0.4, 0.5) is 5.69 Å². The fraction of sp³-hybridized carbons (Fsp3) is 0.0769. The maximum absolute atomic E-state index is 11.0. The predicted octanol–water partition coefficient (Wildman–Crippen LogP) is 3.05. The summed E-state index contributed by atoms with van der Waals surface area (Å²) in [7, 11) is 0. The molecular weight excluding hydrogens is 252 g/mol. The van der Waals surface area contributed by atoms with Crippen molar-refractivity contribution < 1.29 is 9.90 Å². The smallest absolute Gasteiger partial charge is 0.339 e. The highest BCUT2D eigenvalue weighted by molar-refractivity contribution is 6.30. The summed E-state index contributed by atoms with van der Waals surface area (Å²) in [5, 5.41) is 12.7. The number of aromatic carboxylic acids is 1. The van der Waals surface area contributed by atoms with Gasteiger partial charge in [0.15, 0.2) is 0 Å². The minimum absolute atomic E-state index is 0.152. The zero-order chi connectivity index (χ0) is 13.0. The van der Waals surface area contributed by atoms with Crippen molar-refractivity contribution in [1.29, 1.82) is 0 Å². The molecule has 1 aromatic heterocycles. The van der Waals surface area contributed by atoms with E-state index in [2.05, 4.69) is 10.3 Å². The zero-order valence-electron chi connectivity index (χ0n) is 9.43. The molecule has 5 heteroatoms. The first-order chi connectivity index (χ1) is 8.66. The first-order valence-corrected chi connectivity index (χ1v) is 5.70. The van der Waals surface area contributed by atoms with Crippen LogP contribution in [0.1, 0.15) is 15.9 Å². The Labute approximate surface area is 109 Å². The summed E-state index contributed by atoms with van der Waals surface area (Å²) in [6, 6.07) is 9.02. The van der Waals surface area contributed by atoms with Crippen molar-refractivity contribution in [2.45, 2.75) is 6.54 Å². The number of pyridine rings is 1. The van der Waals surface area contributed by atoms with Crippen molar-refractivity contribution >= 4 is 23.3 Å². The topological polar surface area (TPSA) is 62.2 Å². The summed E-state index contributed by atoms with van der Waals surface area (Å²) in [6.45, 7) is 0.505. The Kier molecular flexibility index (Phi) is 3.79. The molecule has 0 radical (unpaired) electrons. The van der Waals surface area contributed by atoms with E-state index in [9.17, 15) is 4.79 Å². The Bertz CT molecular complexity index is 572. The molecule has 92 valence electrons. The van der Waals surface area contributed by atoms with E-state index in [1.807, 2.05) is 18.2 Å². The van der Waals surface area contributed by atoms with Gasteiger partial charge >= 0.3 is 5.97 Å². The number of carboxylic acids is 1. The second-order valence-corrected chi connectivity index (χ2v) is 4.15. The molecular formula is C13H11ClN2O2. The fourth-order valence-electron chi connectivity index (χ4n) is 1.56. The lowest BCUT2D eigenvalue weighted by atomic mass is 10.2. The summed E-state index contributed by atoms with van der Waals surface area (Å²) >= 11 is 5.88. The molecule has 0 saturated heterocycles. The number of carbonyl (C=O) groups is 1. The van der Waals surface area contributed by atoms with Gasteiger partial charge in [-0.1, -0.05) is 23.7 Å². The number of hydrogen-bond acceptors (Lipinski definition) is 3. The van der Waals surface area contributed by atoms with Crippen LogP contribution in [0.3, 0.4) is 0 Å². The monoisotopic (exact) mass is 262 g/mol. The van der Waals surface area contributed by atoms with Crippen LogP contribution in [0.15, 0.2) is 42.7 Å². The number of aromatic nitrogens is 1. The number of anilines is 1. The lowest BCUT2D eigenvalue weighted by molar-refractivity contribution is 0.0697. The highest BCUT2D eigenvalue weighted by atomic mass is 35.5. The first-order valence-electron chi connectivity index (χ1n) is 5.32. The molecule has 2 rings (SSSR count). The second-order valence-electron chi connectivity index (χ2n) is 3.71. The van der Waals surface area contributed by atoms with E-state index in [-0.39, 0.29) is 5.56 Å². The molecule has 0 aliphatic carbocycles. The van der Waals surface area contributed by atoms with E-state index in [0.717, 1.165) is 5.56 Å². The molecule has 0 bridgehead atoms. The van der Waals surface area contributed by atoms with Crippen LogP contribution in [0.5, 0.6) is 0 Å². The van der Waals surface area contributed by atoms with E-state index in [1.54, 1.807) is 18.3 Å². The van der Waals surface area contributed by atoms with Gasteiger partial charge in [0.25, 0.3) is 0 Å². The molecule has 2 aromatic rings. The molecule has 2 N–H and O–H groups in total. The largest absolute Gasteiger partial charge is 0.478 e. The third-order valence-corrected chi connectivity index (χ3v) is 2.66. The minimum Gasteiger partial charge on any atom is -0.478 e. The molecule has 1 aromatic carbocycles. The van der Waals surface area contributed by atoms with Crippen LogP contribution in [0, 0.1) is 0 Å². The summed E-state index contributed by atoms with van der Waals surface area (Å²) in [5.74, 6) is -1.00. The van der Waals surface area contributed by atoms with Gasteiger partial charge in [0.1, 0.15) is 5.56 Å². The van der Waals surface area contributed by atoms with Crippen molar-refractivity contribution in [3.05, 3.63) is 58.9 Å². The molecule has 0 atom stereocenters. The molecule has 0 spiro atoms. The lowest BCUT2D eigenvalue weighted by Gasteiger charge is -2.09.